The number of hydrogen-bond acceptors (Lipinski definition) is 1. The molecule has 17 heavy (non-hydrogen) atoms. The molecule has 0 aliphatic rings. The number of rotatable bonds is 3. The largest absolute Gasteiger partial charge is 0.457 e. The first-order valence-electron chi connectivity index (χ1n) is 4.80. The minimum atomic E-state index is -1.10. The fourth-order valence-electron chi connectivity index (χ4n) is 1.27. The van der Waals surface area contributed by atoms with Gasteiger partial charge in [-0.3, -0.25) is 0 Å². The Morgan fingerprint density at radius 1 is 0.765 bits per heavy atom. The van der Waals surface area contributed by atoms with Crippen molar-refractivity contribution in [1.82, 2.24) is 0 Å². The summed E-state index contributed by atoms with van der Waals surface area (Å²) < 4.78 is 5.63. The van der Waals surface area contributed by atoms with Crippen LogP contribution in [0, 0.1) is 0 Å². The van der Waals surface area contributed by atoms with E-state index in [0.717, 1.165) is 16.8 Å². The first-order valence-corrected chi connectivity index (χ1v) is 8.33. The van der Waals surface area contributed by atoms with Crippen molar-refractivity contribution in [2.75, 3.05) is 0 Å². The van der Waals surface area contributed by atoms with Gasteiger partial charge < -0.3 is 4.74 Å². The molecule has 0 saturated carbocycles. The predicted molar refractivity (Wildman–Crippen MR) is 76.2 cm³/mol. The third kappa shape index (κ3) is 3.76. The summed E-state index contributed by atoms with van der Waals surface area (Å²) in [5.74, 6) is 1.47. The molecule has 0 fully saturated rings. The summed E-state index contributed by atoms with van der Waals surface area (Å²) in [4.78, 5) is 0. The molecule has 5 heteroatoms. The monoisotopic (exact) mass is 304 g/mol. The maximum absolute atomic E-state index is 5.81. The number of ether oxygens (including phenoxy) is 1. The van der Waals surface area contributed by atoms with Gasteiger partial charge in [0.15, 0.2) is 0 Å². The average Bonchev–Trinajstić information content (AvgIpc) is 2.33. The minimum Gasteiger partial charge on any atom is -0.457 e. The summed E-state index contributed by atoms with van der Waals surface area (Å²) in [6.07, 6.45) is 0. The van der Waals surface area contributed by atoms with Crippen LogP contribution in [0.2, 0.25) is 5.02 Å². The average molecular weight is 306 g/mol. The van der Waals surface area contributed by atoms with Crippen molar-refractivity contribution in [1.29, 1.82) is 0 Å². The Labute approximate surface area is 116 Å². The lowest BCUT2D eigenvalue weighted by atomic mass is 10.3. The first kappa shape index (κ1) is 13.0. The highest BCUT2D eigenvalue weighted by atomic mass is 35.9. The van der Waals surface area contributed by atoms with Crippen molar-refractivity contribution in [3.8, 4) is 11.5 Å². The number of halogens is 3. The van der Waals surface area contributed by atoms with Crippen LogP contribution >= 0.6 is 40.7 Å². The molecular weight excluding hydrogens is 297 g/mol. The molecule has 1 nitrogen and oxygen atoms in total. The normalized spacial score (nSPS) is 10.6. The molecule has 0 aliphatic heterocycles. The van der Waals surface area contributed by atoms with Crippen LogP contribution in [0.4, 0.5) is 0 Å². The Hall–Kier alpha value is -0.460. The molecule has 2 rings (SSSR count). The van der Waals surface area contributed by atoms with Crippen LogP contribution in [-0.2, 0) is 0 Å². The molecule has 2 aromatic rings. The second kappa shape index (κ2) is 5.93. The van der Waals surface area contributed by atoms with Crippen LogP contribution in [-0.4, -0.2) is 0 Å². The zero-order valence-electron chi connectivity index (χ0n) is 8.61. The molecule has 0 unspecified atom stereocenters. The zero-order valence-corrected chi connectivity index (χ0v) is 11.8. The van der Waals surface area contributed by atoms with Gasteiger partial charge in [0.25, 0.3) is 0 Å². The van der Waals surface area contributed by atoms with Crippen molar-refractivity contribution in [2.24, 2.45) is 0 Å². The molecule has 0 aromatic heterocycles. The summed E-state index contributed by atoms with van der Waals surface area (Å²) in [5, 5.41) is 1.59. The highest BCUT2D eigenvalue weighted by Crippen LogP contribution is 2.45. The summed E-state index contributed by atoms with van der Waals surface area (Å²) in [6, 6.07) is 14.6. The number of benzene rings is 2. The lowest BCUT2D eigenvalue weighted by Crippen LogP contribution is -1.93. The first-order chi connectivity index (χ1) is 8.15. The highest BCUT2D eigenvalue weighted by molar-refractivity contribution is 8.08. The van der Waals surface area contributed by atoms with E-state index in [-0.39, 0.29) is 0 Å². The molecule has 2 aromatic carbocycles. The smallest absolute Gasteiger partial charge is 0.127 e. The van der Waals surface area contributed by atoms with E-state index >= 15 is 0 Å². The van der Waals surface area contributed by atoms with Crippen LogP contribution < -0.4 is 10.0 Å². The topological polar surface area (TPSA) is 9.23 Å². The highest BCUT2D eigenvalue weighted by Gasteiger charge is 2.03. The van der Waals surface area contributed by atoms with Crippen molar-refractivity contribution < 1.29 is 4.74 Å². The van der Waals surface area contributed by atoms with Crippen molar-refractivity contribution >= 4 is 46.0 Å². The molecule has 0 radical (unpaired) electrons. The molecule has 0 heterocycles. The van der Waals surface area contributed by atoms with Crippen molar-refractivity contribution in [3.05, 3.63) is 53.6 Å². The zero-order chi connectivity index (χ0) is 12.3. The fourth-order valence-corrected chi connectivity index (χ4v) is 2.44. The van der Waals surface area contributed by atoms with Gasteiger partial charge in [0.1, 0.15) is 18.1 Å². The summed E-state index contributed by atoms with van der Waals surface area (Å²) in [7, 11) is 0. The summed E-state index contributed by atoms with van der Waals surface area (Å²) in [5.41, 5.74) is 0. The van der Waals surface area contributed by atoms with E-state index in [1.165, 1.54) is 0 Å². The minimum absolute atomic E-state index is 0.683. The van der Waals surface area contributed by atoms with Crippen LogP contribution in [0.25, 0.3) is 0 Å². The van der Waals surface area contributed by atoms with Crippen LogP contribution in [0.3, 0.4) is 0 Å². The molecule has 0 bridgehead atoms. The van der Waals surface area contributed by atoms with E-state index in [9.17, 15) is 0 Å². The fraction of sp³-hybridized carbons (Fsp3) is 0. The maximum Gasteiger partial charge on any atom is 0.127 e. The predicted octanol–water partition coefficient (Wildman–Crippen LogP) is 5.55. The Morgan fingerprint density at radius 2 is 1.24 bits per heavy atom. The Morgan fingerprint density at radius 3 is 1.71 bits per heavy atom. The van der Waals surface area contributed by atoms with Crippen LogP contribution in [0.5, 0.6) is 11.5 Å². The lowest BCUT2D eigenvalue weighted by molar-refractivity contribution is 0.483. The second-order valence-electron chi connectivity index (χ2n) is 3.28. The maximum atomic E-state index is 5.81. The Kier molecular flexibility index (Phi) is 4.53. The van der Waals surface area contributed by atoms with Gasteiger partial charge in [-0.2, -0.15) is 0 Å². The lowest BCUT2D eigenvalue weighted by Gasteiger charge is -2.07. The molecule has 0 atom stereocenters. The summed E-state index contributed by atoms with van der Waals surface area (Å²) in [6.45, 7) is -1.10. The van der Waals surface area contributed by atoms with Crippen molar-refractivity contribution in [2.45, 2.75) is 0 Å². The molecule has 0 aliphatic carbocycles. The van der Waals surface area contributed by atoms with Crippen LogP contribution in [0.15, 0.2) is 48.5 Å². The Bertz CT molecular complexity index is 482. The standard InChI is InChI=1S/C12H8Cl3OP/c13-9-1-3-10(4-2-9)16-11-5-7-12(8-6-11)17(14)15/h1-8H. The molecule has 0 spiro atoms. The van der Waals surface area contributed by atoms with Gasteiger partial charge in [0.2, 0.25) is 0 Å². The Balaban J connectivity index is 2.11. The van der Waals surface area contributed by atoms with Gasteiger partial charge in [-0.1, -0.05) is 34.1 Å². The second-order valence-corrected chi connectivity index (χ2v) is 7.25. The van der Waals surface area contributed by atoms with Gasteiger partial charge in [0.05, 0.1) is 0 Å². The van der Waals surface area contributed by atoms with Gasteiger partial charge in [-0.05, 0) is 48.5 Å². The van der Waals surface area contributed by atoms with Gasteiger partial charge in [0, 0.05) is 10.3 Å². The van der Waals surface area contributed by atoms with E-state index in [1.54, 1.807) is 12.1 Å². The van der Waals surface area contributed by atoms with E-state index in [2.05, 4.69) is 0 Å². The van der Waals surface area contributed by atoms with Gasteiger partial charge >= 0.3 is 0 Å². The molecule has 0 saturated heterocycles. The third-order valence-corrected chi connectivity index (χ3v) is 4.19. The van der Waals surface area contributed by atoms with Crippen molar-refractivity contribution in [3.63, 3.8) is 0 Å². The van der Waals surface area contributed by atoms with E-state index in [0.29, 0.717) is 5.02 Å². The molecule has 0 amide bonds. The van der Waals surface area contributed by atoms with Gasteiger partial charge in [-0.25, -0.2) is 0 Å². The molecular formula is C12H8Cl3OP. The van der Waals surface area contributed by atoms with E-state index in [4.69, 9.17) is 38.8 Å². The van der Waals surface area contributed by atoms with Crippen LogP contribution in [0.1, 0.15) is 0 Å². The SMILES string of the molecule is Clc1ccc(Oc2ccc(P(Cl)Cl)cc2)cc1. The van der Waals surface area contributed by atoms with E-state index < -0.39 is 6.63 Å². The van der Waals surface area contributed by atoms with E-state index in [1.807, 2.05) is 36.4 Å². The van der Waals surface area contributed by atoms with Gasteiger partial charge in [-0.15, -0.1) is 0 Å². The molecule has 0 N–H and O–H groups in total. The third-order valence-electron chi connectivity index (χ3n) is 2.08. The number of hydrogen-bond donors (Lipinski definition) is 0. The quantitative estimate of drug-likeness (QED) is 0.676. The summed E-state index contributed by atoms with van der Waals surface area (Å²) >= 11 is 17.4. The molecule has 88 valence electrons.